The molecule has 1 aromatic heterocycles. The van der Waals surface area contributed by atoms with E-state index < -0.39 is 22.4 Å². The largest absolute Gasteiger partial charge is 0.439 e. The molecule has 2 aliphatic heterocycles. The van der Waals surface area contributed by atoms with Crippen molar-refractivity contribution in [2.75, 3.05) is 11.4 Å². The first-order valence-corrected chi connectivity index (χ1v) is 11.4. The van der Waals surface area contributed by atoms with Crippen LogP contribution in [0.3, 0.4) is 0 Å². The number of benzene rings is 2. The smallest absolute Gasteiger partial charge is 0.259 e. The molecule has 9 nitrogen and oxygen atoms in total. The Labute approximate surface area is 207 Å². The Kier molecular flexibility index (Phi) is 4.97. The summed E-state index contributed by atoms with van der Waals surface area (Å²) < 4.78 is 7.32. The van der Waals surface area contributed by atoms with Gasteiger partial charge in [0.1, 0.15) is 23.9 Å². The molecule has 1 spiro atoms. The molecular formula is C27H25N5O4. The lowest BCUT2D eigenvalue weighted by Gasteiger charge is -2.34. The van der Waals surface area contributed by atoms with Crippen LogP contribution in [0.1, 0.15) is 31.9 Å². The molecule has 3 aromatic rings. The quantitative estimate of drug-likeness (QED) is 0.575. The zero-order valence-electron chi connectivity index (χ0n) is 20.4. The summed E-state index contributed by atoms with van der Waals surface area (Å²) in [6.45, 7) is 5.23. The number of nitrogens with zero attached hydrogens (tertiary/aromatic N) is 3. The Hall–Kier alpha value is -4.58. The summed E-state index contributed by atoms with van der Waals surface area (Å²) in [5, 5.41) is 13.7. The van der Waals surface area contributed by atoms with Crippen molar-refractivity contribution in [3.63, 3.8) is 0 Å². The highest BCUT2D eigenvalue weighted by Gasteiger charge is 2.61. The van der Waals surface area contributed by atoms with E-state index in [4.69, 9.17) is 10.5 Å². The lowest BCUT2D eigenvalue weighted by Crippen LogP contribution is -2.52. The molecule has 1 atom stereocenters. The summed E-state index contributed by atoms with van der Waals surface area (Å²) in [5.41, 5.74) is 4.63. The molecule has 3 N–H and O–H groups in total. The highest BCUT2D eigenvalue weighted by atomic mass is 16.5. The number of hydrogen-bond donors (Lipinski definition) is 2. The Balaban J connectivity index is 1.85. The van der Waals surface area contributed by atoms with Gasteiger partial charge < -0.3 is 25.3 Å². The van der Waals surface area contributed by atoms with E-state index in [1.807, 2.05) is 26.8 Å². The van der Waals surface area contributed by atoms with Crippen LogP contribution in [0.25, 0.3) is 10.9 Å². The van der Waals surface area contributed by atoms with Crippen molar-refractivity contribution >= 4 is 28.4 Å². The average molecular weight is 484 g/mol. The number of para-hydroxylation sites is 2. The molecule has 3 heterocycles. The van der Waals surface area contributed by atoms with Gasteiger partial charge in [-0.05, 0) is 39.0 Å². The number of amides is 2. The number of nitrogens with one attached hydrogen (secondary N) is 1. The number of hydrogen-bond acceptors (Lipinski definition) is 6. The third-order valence-corrected chi connectivity index (χ3v) is 6.56. The fourth-order valence-electron chi connectivity index (χ4n) is 5.21. The van der Waals surface area contributed by atoms with Crippen molar-refractivity contribution < 1.29 is 14.3 Å². The van der Waals surface area contributed by atoms with Gasteiger partial charge >= 0.3 is 0 Å². The lowest BCUT2D eigenvalue weighted by molar-refractivity contribution is -0.125. The summed E-state index contributed by atoms with van der Waals surface area (Å²) in [4.78, 5) is 42.5. The second-order valence-electron chi connectivity index (χ2n) is 10.00. The maximum atomic E-state index is 14.4. The minimum Gasteiger partial charge on any atom is -0.439 e. The van der Waals surface area contributed by atoms with Crippen LogP contribution in [0.4, 0.5) is 5.69 Å². The second kappa shape index (κ2) is 7.71. The molecule has 5 rings (SSSR count). The van der Waals surface area contributed by atoms with Gasteiger partial charge in [-0.25, -0.2) is 0 Å². The number of ether oxygens (including phenoxy) is 1. The molecule has 182 valence electrons. The van der Waals surface area contributed by atoms with Crippen molar-refractivity contribution in [1.29, 1.82) is 5.26 Å². The first-order chi connectivity index (χ1) is 17.0. The Morgan fingerprint density at radius 1 is 1.14 bits per heavy atom. The van der Waals surface area contributed by atoms with Gasteiger partial charge in [0.2, 0.25) is 17.7 Å². The first kappa shape index (κ1) is 23.2. The van der Waals surface area contributed by atoms with Gasteiger partial charge in [-0.3, -0.25) is 14.4 Å². The first-order valence-electron chi connectivity index (χ1n) is 11.4. The maximum absolute atomic E-state index is 14.4. The van der Waals surface area contributed by atoms with Crippen LogP contribution in [0.5, 0.6) is 5.75 Å². The number of carbonyl (C=O) groups excluding carboxylic acids is 2. The molecule has 9 heteroatoms. The zero-order valence-corrected chi connectivity index (χ0v) is 20.4. The zero-order chi connectivity index (χ0) is 26.0. The highest BCUT2D eigenvalue weighted by molar-refractivity contribution is 6.16. The minimum absolute atomic E-state index is 0.00521. The molecule has 0 saturated heterocycles. The molecule has 0 fully saturated rings. The van der Waals surface area contributed by atoms with E-state index in [1.54, 1.807) is 55.6 Å². The maximum Gasteiger partial charge on any atom is 0.259 e. The Morgan fingerprint density at radius 3 is 2.50 bits per heavy atom. The van der Waals surface area contributed by atoms with Gasteiger partial charge in [0.25, 0.3) is 5.56 Å². The number of aromatic nitrogens is 1. The van der Waals surface area contributed by atoms with E-state index in [9.17, 15) is 19.6 Å². The third-order valence-electron chi connectivity index (χ3n) is 6.56. The van der Waals surface area contributed by atoms with Crippen LogP contribution in [0.15, 0.2) is 64.8 Å². The van der Waals surface area contributed by atoms with E-state index in [1.165, 1.54) is 9.47 Å². The van der Waals surface area contributed by atoms with Crippen molar-refractivity contribution in [3.05, 3.63) is 81.5 Å². The van der Waals surface area contributed by atoms with Gasteiger partial charge in [-0.2, -0.15) is 5.26 Å². The Morgan fingerprint density at radius 2 is 1.81 bits per heavy atom. The van der Waals surface area contributed by atoms with Crippen LogP contribution in [-0.2, 0) is 22.1 Å². The number of aryl methyl sites for hydroxylation is 1. The molecule has 36 heavy (non-hydrogen) atoms. The number of carbonyl (C=O) groups is 2. The fourth-order valence-corrected chi connectivity index (χ4v) is 5.21. The van der Waals surface area contributed by atoms with Crippen LogP contribution < -0.4 is 26.2 Å². The topological polar surface area (TPSA) is 130 Å². The number of nitrogens with two attached hydrogens (primary N) is 1. The molecule has 0 unspecified atom stereocenters. The van der Waals surface area contributed by atoms with Gasteiger partial charge in [0, 0.05) is 29.2 Å². The molecule has 0 bridgehead atoms. The summed E-state index contributed by atoms with van der Waals surface area (Å²) in [6.07, 6.45) is 0. The van der Waals surface area contributed by atoms with Gasteiger partial charge in [-0.15, -0.1) is 0 Å². The highest BCUT2D eigenvalue weighted by Crippen LogP contribution is 2.55. The van der Waals surface area contributed by atoms with Gasteiger partial charge in [0.05, 0.1) is 11.1 Å². The van der Waals surface area contributed by atoms with Crippen LogP contribution in [0.2, 0.25) is 0 Å². The predicted octanol–water partition coefficient (Wildman–Crippen LogP) is 2.17. The number of pyridine rings is 1. The number of nitriles is 1. The van der Waals surface area contributed by atoms with Crippen molar-refractivity contribution in [2.24, 2.45) is 12.8 Å². The van der Waals surface area contributed by atoms with Gasteiger partial charge in [0.15, 0.2) is 5.41 Å². The van der Waals surface area contributed by atoms with E-state index in [2.05, 4.69) is 5.32 Å². The van der Waals surface area contributed by atoms with E-state index in [0.29, 0.717) is 22.2 Å². The van der Waals surface area contributed by atoms with E-state index in [0.717, 1.165) is 0 Å². The Bertz CT molecular complexity index is 1610. The standard InChI is InChI=1S/C27H25N5O4/c1-26(2,3)30-20(33)14-32-19-12-8-6-10-16(19)27(25(32)35)17(13-28)23(29)36-22-15-9-5-7-11-18(15)31(4)24(34)21(22)27/h5-12H,14,29H2,1-4H3,(H,30,33)/t27-/m0/s1. The average Bonchev–Trinajstić information content (AvgIpc) is 3.05. The summed E-state index contributed by atoms with van der Waals surface area (Å²) >= 11 is 0. The SMILES string of the molecule is Cn1c(=O)c2c(c3ccccc31)OC(N)=C(C#N)[C@]21C(=O)N(CC(=O)NC(C)(C)C)c2ccccc21. The number of anilines is 1. The van der Waals surface area contributed by atoms with Crippen LogP contribution in [-0.4, -0.2) is 28.5 Å². The lowest BCUT2D eigenvalue weighted by atomic mass is 9.69. The second-order valence-corrected chi connectivity index (χ2v) is 10.00. The van der Waals surface area contributed by atoms with Crippen LogP contribution in [0, 0.1) is 11.3 Å². The normalized spacial score (nSPS) is 18.6. The minimum atomic E-state index is -1.86. The number of rotatable bonds is 2. The molecular weight excluding hydrogens is 458 g/mol. The van der Waals surface area contributed by atoms with Crippen LogP contribution >= 0.6 is 0 Å². The van der Waals surface area contributed by atoms with E-state index >= 15 is 0 Å². The molecule has 0 radical (unpaired) electrons. The van der Waals surface area contributed by atoms with Crippen molar-refractivity contribution in [3.8, 4) is 11.8 Å². The van der Waals surface area contributed by atoms with Crippen molar-refractivity contribution in [2.45, 2.75) is 31.7 Å². The summed E-state index contributed by atoms with van der Waals surface area (Å²) in [6, 6.07) is 16.0. The monoisotopic (exact) mass is 483 g/mol. The molecule has 0 saturated carbocycles. The third kappa shape index (κ3) is 3.04. The van der Waals surface area contributed by atoms with E-state index in [-0.39, 0.29) is 35.2 Å². The molecule has 2 amide bonds. The number of fused-ring (bicyclic) bond motifs is 6. The summed E-state index contributed by atoms with van der Waals surface area (Å²) in [7, 11) is 1.60. The van der Waals surface area contributed by atoms with Crippen molar-refractivity contribution in [1.82, 2.24) is 9.88 Å². The molecule has 0 aliphatic carbocycles. The molecule has 2 aromatic carbocycles. The summed E-state index contributed by atoms with van der Waals surface area (Å²) in [5.74, 6) is -1.11. The molecule has 2 aliphatic rings. The van der Waals surface area contributed by atoms with Gasteiger partial charge in [-0.1, -0.05) is 30.3 Å². The fraction of sp³-hybridized carbons (Fsp3) is 0.259. The predicted molar refractivity (Wildman–Crippen MR) is 134 cm³/mol.